The van der Waals surface area contributed by atoms with Crippen LogP contribution in [-0.4, -0.2) is 60.5 Å². The van der Waals surface area contributed by atoms with Crippen molar-refractivity contribution >= 4 is 65.4 Å². The molecule has 1 aromatic carbocycles. The first-order valence-corrected chi connectivity index (χ1v) is 15.4. The third-order valence-corrected chi connectivity index (χ3v) is 9.46. The van der Waals surface area contributed by atoms with Gasteiger partial charge in [-0.25, -0.2) is 36.4 Å². The lowest BCUT2D eigenvalue weighted by Crippen LogP contribution is -2.23. The van der Waals surface area contributed by atoms with Crippen LogP contribution in [-0.2, 0) is 26.4 Å². The summed E-state index contributed by atoms with van der Waals surface area (Å²) < 4.78 is 50.8. The van der Waals surface area contributed by atoms with Crippen LogP contribution in [0, 0.1) is 5.92 Å². The van der Waals surface area contributed by atoms with Crippen molar-refractivity contribution in [3.63, 3.8) is 0 Å². The van der Waals surface area contributed by atoms with E-state index >= 15 is 0 Å². The lowest BCUT2D eigenvalue weighted by molar-refractivity contribution is 0.0923. The average Bonchev–Trinajstić information content (AvgIpc) is 3.59. The highest BCUT2D eigenvalue weighted by atomic mass is 35.5. The van der Waals surface area contributed by atoms with Gasteiger partial charge in [0.2, 0.25) is 10.0 Å². The average molecular weight is 589 g/mol. The highest BCUT2D eigenvalue weighted by Crippen LogP contribution is 2.33. The number of nitrogens with zero attached hydrogens (tertiary/aromatic N) is 4. The number of urea groups is 1. The number of hydrogen-bond donors (Lipinski definition) is 4. The molecule has 1 aliphatic carbocycles. The number of amides is 2. The van der Waals surface area contributed by atoms with Crippen LogP contribution in [0.15, 0.2) is 27.6 Å². The molecule has 1 fully saturated rings. The summed E-state index contributed by atoms with van der Waals surface area (Å²) in [7, 11) is -7.99. The molecule has 0 atom stereocenters. The van der Waals surface area contributed by atoms with E-state index in [1.165, 1.54) is 18.2 Å². The van der Waals surface area contributed by atoms with Crippen LogP contribution < -0.4 is 15.4 Å². The van der Waals surface area contributed by atoms with Gasteiger partial charge in [-0.05, 0) is 41.5 Å². The number of ketones is 1. The Morgan fingerprint density at radius 1 is 1.16 bits per heavy atom. The zero-order chi connectivity index (χ0) is 26.8. The number of anilines is 2. The molecule has 1 aliphatic rings. The van der Waals surface area contributed by atoms with Crippen LogP contribution in [0.1, 0.15) is 41.7 Å². The van der Waals surface area contributed by atoms with Crippen molar-refractivity contribution in [1.82, 2.24) is 30.3 Å². The molecule has 0 aliphatic heterocycles. The van der Waals surface area contributed by atoms with Crippen LogP contribution in [0.3, 0.4) is 0 Å². The Hall–Kier alpha value is -2.99. The molecule has 37 heavy (non-hydrogen) atoms. The number of sulfone groups is 1. The summed E-state index contributed by atoms with van der Waals surface area (Å²) in [6.07, 6.45) is 4.33. The number of halogens is 1. The molecule has 1 saturated carbocycles. The Balaban J connectivity index is 1.58. The second-order valence-electron chi connectivity index (χ2n) is 8.17. The number of H-pyrrole nitrogens is 1. The maximum Gasteiger partial charge on any atom is 0.325 e. The van der Waals surface area contributed by atoms with Gasteiger partial charge < -0.3 is 5.32 Å². The minimum atomic E-state index is -4.30. The molecule has 2 amide bonds. The Morgan fingerprint density at radius 3 is 2.54 bits per heavy atom. The Kier molecular flexibility index (Phi) is 7.88. The van der Waals surface area contributed by atoms with Gasteiger partial charge in [0.15, 0.2) is 15.1 Å². The Bertz CT molecular complexity index is 1530. The largest absolute Gasteiger partial charge is 0.325 e. The summed E-state index contributed by atoms with van der Waals surface area (Å²) in [5.74, 6) is -0.267. The number of thiazole rings is 1. The van der Waals surface area contributed by atoms with Crippen molar-refractivity contribution in [1.29, 1.82) is 0 Å². The van der Waals surface area contributed by atoms with E-state index < -0.39 is 37.6 Å². The topological polar surface area (TPSA) is 206 Å². The summed E-state index contributed by atoms with van der Waals surface area (Å²) >= 11 is 6.67. The van der Waals surface area contributed by atoms with Crippen molar-refractivity contribution in [2.75, 3.05) is 16.9 Å². The number of rotatable bonds is 9. The molecular weight excluding hydrogens is 568 g/mol. The van der Waals surface area contributed by atoms with Crippen molar-refractivity contribution in [3.05, 3.63) is 34.5 Å². The fourth-order valence-corrected chi connectivity index (χ4v) is 6.86. The van der Waals surface area contributed by atoms with E-state index in [1.54, 1.807) is 0 Å². The van der Waals surface area contributed by atoms with Crippen molar-refractivity contribution < 1.29 is 26.4 Å². The van der Waals surface area contributed by atoms with Gasteiger partial charge in [-0.3, -0.25) is 10.1 Å². The van der Waals surface area contributed by atoms with E-state index in [9.17, 15) is 26.4 Å². The quantitative estimate of drug-likeness (QED) is 0.268. The molecule has 0 bridgehead atoms. The molecule has 14 nitrogen and oxygen atoms in total. The van der Waals surface area contributed by atoms with E-state index in [0.717, 1.165) is 31.9 Å². The van der Waals surface area contributed by atoms with Gasteiger partial charge in [-0.2, -0.15) is 0 Å². The van der Waals surface area contributed by atoms with Crippen LogP contribution >= 0.6 is 22.9 Å². The van der Waals surface area contributed by atoms with E-state index in [0.29, 0.717) is 16.4 Å². The third kappa shape index (κ3) is 6.48. The normalized spacial score (nSPS) is 14.5. The second kappa shape index (κ2) is 10.8. The Morgan fingerprint density at radius 2 is 1.89 bits per heavy atom. The van der Waals surface area contributed by atoms with Crippen LogP contribution in [0.4, 0.5) is 15.6 Å². The van der Waals surface area contributed by atoms with Gasteiger partial charge in [0.1, 0.15) is 0 Å². The van der Waals surface area contributed by atoms with Gasteiger partial charge in [-0.15, -0.1) is 0 Å². The molecule has 4 N–H and O–H groups in total. The summed E-state index contributed by atoms with van der Waals surface area (Å²) in [4.78, 5) is 29.9. The third-order valence-electron chi connectivity index (χ3n) is 5.43. The molecule has 3 aromatic rings. The predicted molar refractivity (Wildman–Crippen MR) is 134 cm³/mol. The summed E-state index contributed by atoms with van der Waals surface area (Å²) in [6.45, 7) is -0.466. The van der Waals surface area contributed by atoms with E-state index in [2.05, 4.69) is 41.0 Å². The van der Waals surface area contributed by atoms with Crippen molar-refractivity contribution in [2.24, 2.45) is 5.92 Å². The molecule has 0 radical (unpaired) electrons. The summed E-state index contributed by atoms with van der Waals surface area (Å²) in [6, 6.07) is 3.72. The van der Waals surface area contributed by atoms with Crippen LogP contribution in [0.2, 0.25) is 5.02 Å². The number of nitrogens with one attached hydrogen (secondary N) is 4. The number of aromatic amines is 1. The minimum absolute atomic E-state index is 0.118. The van der Waals surface area contributed by atoms with Crippen LogP contribution in [0.5, 0.6) is 0 Å². The molecule has 4 rings (SSSR count). The van der Waals surface area contributed by atoms with Gasteiger partial charge in [0.25, 0.3) is 15.0 Å². The SMILES string of the molecule is CS(=O)(=O)NCc1nc(NC(=O)Nc2ccc(Cl)cc2C(=O)C2CCCC2)sc1S(=O)(=O)c1nnn[nH]1. The standard InChI is InChI=1S/C19H21ClN8O6S3/c1-36(31,32)21-9-14-16(37(33,34)19-25-27-28-26-19)35-18(23-14)24-17(30)22-13-7-6-11(20)8-12(13)15(29)10-4-2-3-5-10/h6-8,10,21H,2-5,9H2,1H3,(H2,22,23,24,30)(H,25,26,27,28). The molecule has 2 aromatic heterocycles. The zero-order valence-corrected chi connectivity index (χ0v) is 22.4. The lowest BCUT2D eigenvalue weighted by Gasteiger charge is -2.14. The van der Waals surface area contributed by atoms with Crippen molar-refractivity contribution in [3.8, 4) is 0 Å². The predicted octanol–water partition coefficient (Wildman–Crippen LogP) is 2.21. The smallest absolute Gasteiger partial charge is 0.307 e. The fraction of sp³-hybridized carbons (Fsp3) is 0.368. The maximum atomic E-state index is 13.0. The summed E-state index contributed by atoms with van der Waals surface area (Å²) in [5, 5.41) is 16.6. The molecule has 2 heterocycles. The molecule has 198 valence electrons. The molecule has 0 spiro atoms. The van der Waals surface area contributed by atoms with Gasteiger partial charge in [-0.1, -0.05) is 40.9 Å². The number of sulfonamides is 1. The molecule has 0 unspecified atom stereocenters. The number of tetrazole rings is 1. The lowest BCUT2D eigenvalue weighted by atomic mass is 9.95. The molecular formula is C19H21ClN8O6S3. The van der Waals surface area contributed by atoms with Crippen LogP contribution in [0.25, 0.3) is 0 Å². The number of Topliss-reactive ketones (excluding diaryl/α,β-unsaturated/α-hetero) is 1. The van der Waals surface area contributed by atoms with E-state index in [4.69, 9.17) is 11.6 Å². The number of hydrogen-bond acceptors (Lipinski definition) is 11. The zero-order valence-electron chi connectivity index (χ0n) is 19.2. The first-order chi connectivity index (χ1) is 17.4. The van der Waals surface area contributed by atoms with E-state index in [-0.39, 0.29) is 38.0 Å². The van der Waals surface area contributed by atoms with Gasteiger partial charge in [0.05, 0.1) is 24.2 Å². The Labute approximate surface area is 220 Å². The number of aromatic nitrogens is 5. The second-order valence-corrected chi connectivity index (χ2v) is 13.5. The maximum absolute atomic E-state index is 13.0. The van der Waals surface area contributed by atoms with Crippen molar-refractivity contribution in [2.45, 2.75) is 41.6 Å². The van der Waals surface area contributed by atoms with Gasteiger partial charge in [0, 0.05) is 16.5 Å². The minimum Gasteiger partial charge on any atom is -0.307 e. The number of benzene rings is 1. The summed E-state index contributed by atoms with van der Waals surface area (Å²) in [5.41, 5.74) is 0.327. The number of carbonyl (C=O) groups excluding carboxylic acids is 2. The first-order valence-electron chi connectivity index (χ1n) is 10.8. The van der Waals surface area contributed by atoms with Gasteiger partial charge >= 0.3 is 6.03 Å². The molecule has 18 heteroatoms. The fourth-order valence-electron chi connectivity index (χ4n) is 3.75. The highest BCUT2D eigenvalue weighted by molar-refractivity contribution is 7.93. The highest BCUT2D eigenvalue weighted by Gasteiger charge is 2.30. The van der Waals surface area contributed by atoms with E-state index in [1.807, 2.05) is 0 Å². The molecule has 0 saturated heterocycles. The monoisotopic (exact) mass is 588 g/mol. The first kappa shape index (κ1) is 27.1. The number of carbonyl (C=O) groups is 2.